The number of fused-ring (bicyclic) bond motifs is 2. The lowest BCUT2D eigenvalue weighted by molar-refractivity contribution is -0.384. The molecule has 9 heteroatoms. The van der Waals surface area contributed by atoms with Gasteiger partial charge in [-0.15, -0.1) is 0 Å². The molecule has 0 amide bonds. The molecule has 1 atom stereocenters. The average molecular weight is 556 g/mol. The Morgan fingerprint density at radius 3 is 2.36 bits per heavy atom. The number of nitrogens with zero attached hydrogens (tertiary/aromatic N) is 5. The molecule has 6 rings (SSSR count). The topological polar surface area (TPSA) is 76.6 Å². The minimum atomic E-state index is -0.438. The molecular formula is C30H23Cl2N5O2. The summed E-state index contributed by atoms with van der Waals surface area (Å²) in [6.45, 7) is 2.16. The predicted octanol–water partition coefficient (Wildman–Crippen LogP) is 8.05. The Bertz CT molecular complexity index is 1660. The second kappa shape index (κ2) is 10.2. The van der Waals surface area contributed by atoms with Crippen LogP contribution < -0.4 is 0 Å². The normalized spacial score (nSPS) is 16.1. The molecule has 194 valence electrons. The van der Waals surface area contributed by atoms with Crippen molar-refractivity contribution in [2.24, 2.45) is 4.99 Å². The number of para-hydroxylation sites is 1. The van der Waals surface area contributed by atoms with E-state index >= 15 is 0 Å². The fourth-order valence-corrected chi connectivity index (χ4v) is 5.58. The summed E-state index contributed by atoms with van der Waals surface area (Å²) in [4.78, 5) is 17.9. The molecule has 7 nitrogen and oxygen atoms in total. The van der Waals surface area contributed by atoms with E-state index in [9.17, 15) is 10.1 Å². The molecule has 0 spiro atoms. The largest absolute Gasteiger partial charge is 0.318 e. The Hall–Kier alpha value is -4.20. The van der Waals surface area contributed by atoms with Gasteiger partial charge in [0.05, 0.1) is 32.3 Å². The lowest BCUT2D eigenvalue weighted by Crippen LogP contribution is -2.35. The van der Waals surface area contributed by atoms with Gasteiger partial charge >= 0.3 is 0 Å². The third kappa shape index (κ3) is 4.54. The summed E-state index contributed by atoms with van der Waals surface area (Å²) in [5.41, 5.74) is 5.50. The van der Waals surface area contributed by atoms with Crippen molar-refractivity contribution in [1.29, 1.82) is 0 Å². The number of hydrogen-bond donors (Lipinski definition) is 0. The Labute approximate surface area is 235 Å². The molecule has 39 heavy (non-hydrogen) atoms. The van der Waals surface area contributed by atoms with Gasteiger partial charge in [-0.05, 0) is 47.9 Å². The maximum atomic E-state index is 11.4. The van der Waals surface area contributed by atoms with Gasteiger partial charge in [0.2, 0.25) is 0 Å². The van der Waals surface area contributed by atoms with Gasteiger partial charge in [0.25, 0.3) is 5.69 Å². The number of benzene rings is 3. The maximum absolute atomic E-state index is 11.4. The Morgan fingerprint density at radius 1 is 0.974 bits per heavy atom. The molecule has 0 saturated heterocycles. The van der Waals surface area contributed by atoms with Crippen molar-refractivity contribution in [3.63, 3.8) is 0 Å². The van der Waals surface area contributed by atoms with Crippen LogP contribution in [0.15, 0.2) is 106 Å². The van der Waals surface area contributed by atoms with Gasteiger partial charge < -0.3 is 4.90 Å². The molecule has 2 aliphatic rings. The number of aryl methyl sites for hydroxylation is 1. The number of rotatable bonds is 6. The maximum Gasteiger partial charge on any atom is 0.269 e. The van der Waals surface area contributed by atoms with Crippen LogP contribution in [0.4, 0.5) is 11.5 Å². The van der Waals surface area contributed by atoms with Gasteiger partial charge in [0, 0.05) is 23.9 Å². The number of non-ortho nitro benzene ring substituents is 1. The molecule has 0 N–H and O–H groups in total. The van der Waals surface area contributed by atoms with Crippen molar-refractivity contribution in [3.8, 4) is 16.9 Å². The van der Waals surface area contributed by atoms with Gasteiger partial charge in [-0.25, -0.2) is 9.67 Å². The zero-order chi connectivity index (χ0) is 27.1. The van der Waals surface area contributed by atoms with Crippen LogP contribution >= 0.6 is 23.2 Å². The van der Waals surface area contributed by atoms with E-state index in [-0.39, 0.29) is 5.69 Å². The summed E-state index contributed by atoms with van der Waals surface area (Å²) < 4.78 is 1.83. The highest BCUT2D eigenvalue weighted by atomic mass is 35.5. The lowest BCUT2D eigenvalue weighted by atomic mass is 9.92. The molecule has 3 aromatic carbocycles. The summed E-state index contributed by atoms with van der Waals surface area (Å²) in [5, 5.41) is 17.3. The van der Waals surface area contributed by atoms with E-state index < -0.39 is 11.0 Å². The molecule has 1 aromatic heterocycles. The first kappa shape index (κ1) is 25.1. The minimum Gasteiger partial charge on any atom is -0.318 e. The molecule has 4 aromatic rings. The van der Waals surface area contributed by atoms with Crippen LogP contribution in [-0.2, 0) is 6.42 Å². The Morgan fingerprint density at radius 2 is 1.69 bits per heavy atom. The highest BCUT2D eigenvalue weighted by molar-refractivity contribution is 6.45. The fourth-order valence-electron chi connectivity index (χ4n) is 5.05. The zero-order valence-electron chi connectivity index (χ0n) is 21.0. The van der Waals surface area contributed by atoms with Gasteiger partial charge in [-0.2, -0.15) is 5.10 Å². The van der Waals surface area contributed by atoms with Crippen molar-refractivity contribution < 1.29 is 4.92 Å². The Balaban J connectivity index is 1.63. The van der Waals surface area contributed by atoms with Crippen LogP contribution in [0.25, 0.3) is 16.9 Å². The number of allylic oxidation sites excluding steroid dienone is 2. The summed E-state index contributed by atoms with van der Waals surface area (Å²) in [6.07, 6.45) is 5.51. The number of nitro benzene ring substituents is 1. The van der Waals surface area contributed by atoms with Crippen LogP contribution in [0.2, 0.25) is 0 Å². The number of amidine groups is 1. The highest BCUT2D eigenvalue weighted by Crippen LogP contribution is 2.48. The van der Waals surface area contributed by atoms with Gasteiger partial charge in [-0.3, -0.25) is 10.1 Å². The number of nitro groups is 1. The third-order valence-electron chi connectivity index (χ3n) is 6.83. The van der Waals surface area contributed by atoms with Crippen molar-refractivity contribution in [2.45, 2.75) is 25.8 Å². The molecule has 3 heterocycles. The highest BCUT2D eigenvalue weighted by Gasteiger charge is 2.39. The SMILES string of the molecule is CCCc1ccc(-c2nn(-c3ccccc3)c3c2[C@@H](c2ccc([N+](=O)[O-])cc2)N2C=C(Cl)C=C(Cl)C2=N3)cc1. The van der Waals surface area contributed by atoms with Crippen LogP contribution in [0.3, 0.4) is 0 Å². The summed E-state index contributed by atoms with van der Waals surface area (Å²) in [7, 11) is 0. The van der Waals surface area contributed by atoms with Gasteiger partial charge in [0.15, 0.2) is 11.7 Å². The molecule has 0 radical (unpaired) electrons. The van der Waals surface area contributed by atoms with E-state index in [0.717, 1.165) is 40.9 Å². The van der Waals surface area contributed by atoms with E-state index in [1.165, 1.54) is 17.7 Å². The monoisotopic (exact) mass is 555 g/mol. The molecule has 2 aliphatic heterocycles. The number of halogens is 2. The van der Waals surface area contributed by atoms with E-state index in [0.29, 0.717) is 21.7 Å². The van der Waals surface area contributed by atoms with Crippen molar-refractivity contribution in [2.75, 3.05) is 0 Å². The van der Waals surface area contributed by atoms with Crippen LogP contribution in [0.1, 0.15) is 36.1 Å². The summed E-state index contributed by atoms with van der Waals surface area (Å²) >= 11 is 13.2. The van der Waals surface area contributed by atoms with Crippen LogP contribution in [0.5, 0.6) is 0 Å². The second-order valence-electron chi connectivity index (χ2n) is 9.38. The van der Waals surface area contributed by atoms with Crippen molar-refractivity contribution >= 4 is 40.5 Å². The number of aliphatic imine (C=N–C) groups is 1. The van der Waals surface area contributed by atoms with E-state index in [1.807, 2.05) is 39.9 Å². The second-order valence-corrected chi connectivity index (χ2v) is 10.2. The van der Waals surface area contributed by atoms with E-state index in [2.05, 4.69) is 31.2 Å². The van der Waals surface area contributed by atoms with Crippen LogP contribution in [-0.4, -0.2) is 25.4 Å². The summed E-state index contributed by atoms with van der Waals surface area (Å²) in [5.74, 6) is 1.17. The average Bonchev–Trinajstić information content (AvgIpc) is 3.32. The summed E-state index contributed by atoms with van der Waals surface area (Å²) in [6, 6.07) is 24.3. The van der Waals surface area contributed by atoms with E-state index in [1.54, 1.807) is 24.4 Å². The smallest absolute Gasteiger partial charge is 0.269 e. The molecular weight excluding hydrogens is 533 g/mol. The first-order chi connectivity index (χ1) is 18.9. The third-order valence-corrected chi connectivity index (χ3v) is 7.32. The van der Waals surface area contributed by atoms with Crippen LogP contribution in [0, 0.1) is 10.1 Å². The quantitative estimate of drug-likeness (QED) is 0.178. The molecule has 0 bridgehead atoms. The lowest BCUT2D eigenvalue weighted by Gasteiger charge is -2.37. The zero-order valence-corrected chi connectivity index (χ0v) is 22.5. The molecule has 0 aliphatic carbocycles. The number of hydrogen-bond acceptors (Lipinski definition) is 5. The van der Waals surface area contributed by atoms with Crippen molar-refractivity contribution in [3.05, 3.63) is 128 Å². The van der Waals surface area contributed by atoms with Crippen molar-refractivity contribution in [1.82, 2.24) is 14.7 Å². The first-order valence-corrected chi connectivity index (χ1v) is 13.3. The minimum absolute atomic E-state index is 0.0144. The van der Waals surface area contributed by atoms with Gasteiger partial charge in [-0.1, -0.05) is 79.0 Å². The predicted molar refractivity (Wildman–Crippen MR) is 155 cm³/mol. The molecule has 0 unspecified atom stereocenters. The standard InChI is InChI=1S/C30H23Cl2N5O2/c1-2-6-19-9-11-20(12-10-19)27-26-28(21-13-15-24(16-14-21)37(38)39)35-18-22(31)17-25(32)29(35)33-30(26)36(34-27)23-7-4-3-5-8-23/h3-5,7-18,28H,2,6H2,1H3/t28-/m1/s1. The first-order valence-electron chi connectivity index (χ1n) is 12.6. The van der Waals surface area contributed by atoms with Gasteiger partial charge in [0.1, 0.15) is 5.69 Å². The van der Waals surface area contributed by atoms with E-state index in [4.69, 9.17) is 33.3 Å². The molecule has 0 saturated carbocycles. The fraction of sp³-hybridized carbons (Fsp3) is 0.133. The Kier molecular flexibility index (Phi) is 6.54. The molecule has 0 fully saturated rings. The number of aromatic nitrogens is 2.